The van der Waals surface area contributed by atoms with Gasteiger partial charge in [0.1, 0.15) is 0 Å². The summed E-state index contributed by atoms with van der Waals surface area (Å²) in [6, 6.07) is 10.1. The van der Waals surface area contributed by atoms with Gasteiger partial charge in [0.05, 0.1) is 11.5 Å². The van der Waals surface area contributed by atoms with Crippen LogP contribution in [0.4, 0.5) is 0 Å². The van der Waals surface area contributed by atoms with Crippen LogP contribution in [0.15, 0.2) is 30.3 Å². The van der Waals surface area contributed by atoms with Crippen LogP contribution in [0, 0.1) is 17.3 Å². The van der Waals surface area contributed by atoms with Crippen molar-refractivity contribution in [2.24, 2.45) is 0 Å². The van der Waals surface area contributed by atoms with Crippen molar-refractivity contribution in [2.75, 3.05) is 48.5 Å². The van der Waals surface area contributed by atoms with E-state index in [1.807, 2.05) is 30.3 Å². The van der Waals surface area contributed by atoms with Gasteiger partial charge in [-0.1, -0.05) is 51.6 Å². The van der Waals surface area contributed by atoms with Crippen LogP contribution in [0.3, 0.4) is 0 Å². The smallest absolute Gasteiger partial charge is 0.239 e. The van der Waals surface area contributed by atoms with Crippen LogP contribution in [-0.2, 0) is 16.2 Å². The van der Waals surface area contributed by atoms with Crippen molar-refractivity contribution in [3.8, 4) is 12.3 Å². The second-order valence-electron chi connectivity index (χ2n) is 5.85. The number of piperidine rings is 1. The van der Waals surface area contributed by atoms with E-state index in [2.05, 4.69) is 35.8 Å². The molecule has 1 fully saturated rings. The lowest BCUT2D eigenvalue weighted by Crippen LogP contribution is -2.24. The molecule has 0 saturated carbocycles. The van der Waals surface area contributed by atoms with Gasteiger partial charge >= 0.3 is 0 Å². The van der Waals surface area contributed by atoms with Crippen LogP contribution in [-0.4, -0.2) is 74.9 Å². The first kappa shape index (κ1) is 38.2. The first-order valence-corrected chi connectivity index (χ1v) is 9.01. The standard InChI is InChI=1S/C8H10O.C6H13N.C3H4.C2H6NO2.C2H6NO.2CH4/c1-9-7-8-5-3-2-4-6-8;1-7-5-3-2-4-6-7;1-3-2;1-3(4)5-2;1-3(2)4;;/h2-6H,7H2,1H3;2-6H2,1H3;1H,2H3;1-2H3;4H,1H2,2H3;2*1H4/q;;;2*+1;;. The first-order valence-electron chi connectivity index (χ1n) is 9.01. The number of benzene rings is 1. The first-order chi connectivity index (χ1) is 13.2. The van der Waals surface area contributed by atoms with Gasteiger partial charge in [-0.25, -0.2) is 4.84 Å². The summed E-state index contributed by atoms with van der Waals surface area (Å²) >= 11 is 0. The van der Waals surface area contributed by atoms with Crippen LogP contribution in [0.25, 0.3) is 0 Å². The van der Waals surface area contributed by atoms with Crippen LogP contribution in [0.2, 0.25) is 0 Å². The van der Waals surface area contributed by atoms with E-state index < -0.39 is 0 Å². The SMILES string of the molecule is C.C.C#CC.C=[N+](C)O.CN1CCCCC1.COCc1ccccc1.CO[N+](C)=O. The number of nitrogens with zero attached hydrogens (tertiary/aromatic N) is 3. The Morgan fingerprint density at radius 2 is 1.50 bits per heavy atom. The summed E-state index contributed by atoms with van der Waals surface area (Å²) in [4.78, 5) is 16.3. The molecule has 0 aliphatic carbocycles. The largest absolute Gasteiger partial charge is 0.380 e. The number of rotatable bonds is 3. The quantitative estimate of drug-likeness (QED) is 0.252. The Morgan fingerprint density at radius 3 is 1.73 bits per heavy atom. The van der Waals surface area contributed by atoms with Crippen molar-refractivity contribution in [3.05, 3.63) is 40.8 Å². The third-order valence-electron chi connectivity index (χ3n) is 2.99. The molecule has 176 valence electrons. The van der Waals surface area contributed by atoms with Gasteiger partial charge in [0.15, 0.2) is 20.9 Å². The van der Waals surface area contributed by atoms with Gasteiger partial charge in [0.2, 0.25) is 12.0 Å². The Morgan fingerprint density at radius 1 is 1.13 bits per heavy atom. The molecule has 1 aliphatic heterocycles. The number of methoxy groups -OCH3 is 1. The van der Waals surface area contributed by atoms with Crippen molar-refractivity contribution >= 4 is 6.72 Å². The van der Waals surface area contributed by atoms with Crippen LogP contribution < -0.4 is 0 Å². The Bertz CT molecular complexity index is 507. The van der Waals surface area contributed by atoms with Crippen molar-refractivity contribution < 1.29 is 24.4 Å². The zero-order chi connectivity index (χ0) is 22.2. The third-order valence-corrected chi connectivity index (χ3v) is 2.99. The topological polar surface area (TPSA) is 65.0 Å². The van der Waals surface area contributed by atoms with Gasteiger partial charge < -0.3 is 9.64 Å². The highest BCUT2D eigenvalue weighted by atomic mass is 16.7. The summed E-state index contributed by atoms with van der Waals surface area (Å²) in [7, 11) is 7.93. The van der Waals surface area contributed by atoms with Gasteiger partial charge in [-0.05, 0) is 50.2 Å². The molecule has 2 rings (SSSR count). The number of hydrogen-bond donors (Lipinski definition) is 1. The molecule has 30 heavy (non-hydrogen) atoms. The molecule has 7 heteroatoms. The molecule has 1 aromatic rings. The molecule has 1 aliphatic rings. The number of ether oxygens (including phenoxy) is 1. The number of hydrogen-bond acceptors (Lipinski definition) is 5. The molecule has 1 saturated heterocycles. The Hall–Kier alpha value is -2.43. The fraction of sp³-hybridized carbons (Fsp3) is 0.609. The lowest BCUT2D eigenvalue weighted by atomic mass is 10.1. The summed E-state index contributed by atoms with van der Waals surface area (Å²) in [5.41, 5.74) is 1.22. The molecule has 7 nitrogen and oxygen atoms in total. The fourth-order valence-electron chi connectivity index (χ4n) is 1.79. The predicted octanol–water partition coefficient (Wildman–Crippen LogP) is 4.52. The fourth-order valence-corrected chi connectivity index (χ4v) is 1.79. The van der Waals surface area contributed by atoms with Crippen molar-refractivity contribution in [2.45, 2.75) is 47.6 Å². The predicted molar refractivity (Wildman–Crippen MR) is 128 cm³/mol. The van der Waals surface area contributed by atoms with E-state index in [0.29, 0.717) is 11.5 Å². The van der Waals surface area contributed by atoms with E-state index in [1.165, 1.54) is 59.1 Å². The van der Waals surface area contributed by atoms with E-state index in [4.69, 9.17) is 9.94 Å². The maximum Gasteiger partial charge on any atom is 0.239 e. The highest BCUT2D eigenvalue weighted by molar-refractivity contribution is 5.13. The maximum atomic E-state index is 9.51. The Balaban J connectivity index is -0.0000000902. The van der Waals surface area contributed by atoms with Gasteiger partial charge in [-0.2, -0.15) is 0 Å². The van der Waals surface area contributed by atoms with Crippen LogP contribution in [0.5, 0.6) is 0 Å². The average Bonchev–Trinajstić information content (AvgIpc) is 2.65. The molecule has 0 spiro atoms. The summed E-state index contributed by atoms with van der Waals surface area (Å²) in [5.74, 6) is 2.25. The van der Waals surface area contributed by atoms with E-state index >= 15 is 0 Å². The normalized spacial score (nSPS) is 11.0. The molecule has 0 atom stereocenters. The number of likely N-dealkylation sites (tertiary alicyclic amines) is 1. The Labute approximate surface area is 185 Å². The van der Waals surface area contributed by atoms with Crippen molar-refractivity contribution in [1.82, 2.24) is 4.90 Å². The molecule has 0 radical (unpaired) electrons. The van der Waals surface area contributed by atoms with Crippen LogP contribution in [0.1, 0.15) is 46.6 Å². The lowest BCUT2D eigenvalue weighted by molar-refractivity contribution is -0.776. The minimum atomic E-state index is 0. The summed E-state index contributed by atoms with van der Waals surface area (Å²) in [5, 5.41) is 7.78. The van der Waals surface area contributed by atoms with E-state index in [9.17, 15) is 4.91 Å². The van der Waals surface area contributed by atoms with Gasteiger partial charge in [0, 0.05) is 7.11 Å². The Kier molecular flexibility index (Phi) is 39.8. The molecule has 1 aromatic carbocycles. The molecule has 0 unspecified atom stereocenters. The monoisotopic (exact) mass is 429 g/mol. The van der Waals surface area contributed by atoms with E-state index in [0.717, 1.165) is 4.74 Å². The van der Waals surface area contributed by atoms with E-state index in [-0.39, 0.29) is 14.9 Å². The summed E-state index contributed by atoms with van der Waals surface area (Å²) in [6.07, 6.45) is 8.87. The number of terminal acetylenes is 1. The zero-order valence-corrected chi connectivity index (χ0v) is 18.4. The van der Waals surface area contributed by atoms with Crippen LogP contribution >= 0.6 is 0 Å². The molecular weight excluding hydrogens is 382 g/mol. The second kappa shape index (κ2) is 31.3. The van der Waals surface area contributed by atoms with Gasteiger partial charge in [-0.3, -0.25) is 5.21 Å². The van der Waals surface area contributed by atoms with Gasteiger partial charge in [0.25, 0.3) is 0 Å². The summed E-state index contributed by atoms with van der Waals surface area (Å²) in [6.45, 7) is 8.03. The second-order valence-corrected chi connectivity index (χ2v) is 5.85. The third kappa shape index (κ3) is 44.8. The van der Waals surface area contributed by atoms with Crippen molar-refractivity contribution in [1.29, 1.82) is 0 Å². The highest BCUT2D eigenvalue weighted by Crippen LogP contribution is 2.04. The van der Waals surface area contributed by atoms with Gasteiger partial charge in [-0.15, -0.1) is 12.3 Å². The molecule has 0 amide bonds. The summed E-state index contributed by atoms with van der Waals surface area (Å²) < 4.78 is 5.68. The molecular formula is C23H47N3O4+2. The number of hydroxylamine groups is 1. The molecule has 0 bridgehead atoms. The van der Waals surface area contributed by atoms with E-state index in [1.54, 1.807) is 14.0 Å². The maximum absolute atomic E-state index is 9.51. The highest BCUT2D eigenvalue weighted by Gasteiger charge is 2.02. The molecule has 0 aromatic heterocycles. The van der Waals surface area contributed by atoms with Crippen molar-refractivity contribution in [3.63, 3.8) is 0 Å². The zero-order valence-electron chi connectivity index (χ0n) is 18.4. The minimum absolute atomic E-state index is 0. The molecule has 1 N–H and O–H groups in total. The average molecular weight is 430 g/mol. The molecule has 1 heterocycles. The lowest BCUT2D eigenvalue weighted by Gasteiger charge is -2.20. The minimum Gasteiger partial charge on any atom is -0.380 e.